The Morgan fingerprint density at radius 2 is 2.00 bits per heavy atom. The topological polar surface area (TPSA) is 49.9 Å². The molecule has 2 heterocycles. The number of hydrogen-bond acceptors (Lipinski definition) is 3. The summed E-state index contributed by atoms with van der Waals surface area (Å²) < 4.78 is 33.4. The van der Waals surface area contributed by atoms with Crippen LogP contribution in [-0.4, -0.2) is 53.4 Å². The van der Waals surface area contributed by atoms with Crippen LogP contribution in [0.25, 0.3) is 0 Å². The van der Waals surface area contributed by atoms with Crippen LogP contribution in [0.3, 0.4) is 0 Å². The van der Waals surface area contributed by atoms with E-state index in [4.69, 9.17) is 16.3 Å². The van der Waals surface area contributed by atoms with Crippen molar-refractivity contribution < 1.29 is 23.1 Å². The van der Waals surface area contributed by atoms with E-state index in [-0.39, 0.29) is 24.1 Å². The molecule has 3 rings (SSSR count). The standard InChI is InChI=1S/C17H19ClF2N2O3/c1-11-6-7-22(15(11)23)13-8-17(19,20)10-21(9-13)16(24)25-14-4-2-12(18)3-5-14/h2-5,11,13H,6-10H2,1H3/t11?,13-/m1/s1. The van der Waals surface area contributed by atoms with Gasteiger partial charge in [-0.25, -0.2) is 13.6 Å². The van der Waals surface area contributed by atoms with Crippen molar-refractivity contribution >= 4 is 23.6 Å². The maximum Gasteiger partial charge on any atom is 0.415 e. The first kappa shape index (κ1) is 17.9. The van der Waals surface area contributed by atoms with Gasteiger partial charge in [-0.2, -0.15) is 0 Å². The summed E-state index contributed by atoms with van der Waals surface area (Å²) in [7, 11) is 0. The van der Waals surface area contributed by atoms with Crippen molar-refractivity contribution in [3.63, 3.8) is 0 Å². The van der Waals surface area contributed by atoms with E-state index in [9.17, 15) is 18.4 Å². The summed E-state index contributed by atoms with van der Waals surface area (Å²) in [4.78, 5) is 26.9. The predicted octanol–water partition coefficient (Wildman–Crippen LogP) is 3.42. The minimum Gasteiger partial charge on any atom is -0.410 e. The summed E-state index contributed by atoms with van der Waals surface area (Å²) in [5, 5.41) is 0.478. The first-order chi connectivity index (χ1) is 11.7. The van der Waals surface area contributed by atoms with Gasteiger partial charge in [0, 0.05) is 30.5 Å². The van der Waals surface area contributed by atoms with Gasteiger partial charge in [-0.3, -0.25) is 9.69 Å². The van der Waals surface area contributed by atoms with Crippen LogP contribution < -0.4 is 4.74 Å². The van der Waals surface area contributed by atoms with Gasteiger partial charge >= 0.3 is 6.09 Å². The molecular formula is C17H19ClF2N2O3. The summed E-state index contributed by atoms with van der Waals surface area (Å²) in [6.07, 6.45) is -0.641. The van der Waals surface area contributed by atoms with E-state index >= 15 is 0 Å². The molecule has 8 heteroatoms. The molecule has 0 bridgehead atoms. The Bertz CT molecular complexity index is 668. The Kier molecular flexibility index (Phi) is 4.86. The van der Waals surface area contributed by atoms with Crippen LogP contribution in [0.1, 0.15) is 19.8 Å². The molecule has 2 fully saturated rings. The van der Waals surface area contributed by atoms with Crippen LogP contribution in [0.15, 0.2) is 24.3 Å². The Hall–Kier alpha value is -1.89. The zero-order valence-corrected chi connectivity index (χ0v) is 14.5. The average Bonchev–Trinajstić information content (AvgIpc) is 2.87. The fourth-order valence-electron chi connectivity index (χ4n) is 3.30. The van der Waals surface area contributed by atoms with Crippen LogP contribution >= 0.6 is 11.6 Å². The van der Waals surface area contributed by atoms with Gasteiger partial charge in [0.25, 0.3) is 5.92 Å². The second-order valence-corrected chi connectivity index (χ2v) is 7.07. The van der Waals surface area contributed by atoms with Gasteiger partial charge in [-0.15, -0.1) is 0 Å². The van der Waals surface area contributed by atoms with Crippen LogP contribution in [0.4, 0.5) is 13.6 Å². The number of carbonyl (C=O) groups is 2. The van der Waals surface area contributed by atoms with Gasteiger partial charge in [0.1, 0.15) is 5.75 Å². The van der Waals surface area contributed by atoms with Gasteiger partial charge in [0.15, 0.2) is 0 Å². The molecule has 1 aromatic rings. The summed E-state index contributed by atoms with van der Waals surface area (Å²) in [6.45, 7) is 1.56. The molecule has 0 N–H and O–H groups in total. The van der Waals surface area contributed by atoms with Crippen LogP contribution in [0.2, 0.25) is 5.02 Å². The zero-order valence-electron chi connectivity index (χ0n) is 13.8. The van der Waals surface area contributed by atoms with Crippen LogP contribution in [0, 0.1) is 5.92 Å². The lowest BCUT2D eigenvalue weighted by atomic mass is 10.0. The molecule has 0 saturated carbocycles. The summed E-state index contributed by atoms with van der Waals surface area (Å²) in [5.41, 5.74) is 0. The number of carbonyl (C=O) groups excluding carboxylic acids is 2. The van der Waals surface area contributed by atoms with E-state index in [0.717, 1.165) is 4.90 Å². The third-order valence-corrected chi connectivity index (χ3v) is 4.86. The first-order valence-corrected chi connectivity index (χ1v) is 8.53. The zero-order chi connectivity index (χ0) is 18.2. The maximum absolute atomic E-state index is 14.1. The van der Waals surface area contributed by atoms with Gasteiger partial charge in [0.05, 0.1) is 12.6 Å². The number of alkyl halides is 2. The molecule has 2 aliphatic rings. The van der Waals surface area contributed by atoms with E-state index in [0.29, 0.717) is 18.0 Å². The highest BCUT2D eigenvalue weighted by Crippen LogP contribution is 2.33. The van der Waals surface area contributed by atoms with Crippen molar-refractivity contribution in [1.82, 2.24) is 9.80 Å². The molecule has 2 amide bonds. The minimum absolute atomic E-state index is 0.0421. The smallest absolute Gasteiger partial charge is 0.410 e. The van der Waals surface area contributed by atoms with E-state index in [1.165, 1.54) is 17.0 Å². The third kappa shape index (κ3) is 4.03. The first-order valence-electron chi connectivity index (χ1n) is 8.16. The Balaban J connectivity index is 1.71. The van der Waals surface area contributed by atoms with Crippen molar-refractivity contribution in [2.75, 3.05) is 19.6 Å². The SMILES string of the molecule is CC1CCN([C@H]2CN(C(=O)Oc3ccc(Cl)cc3)CC(F)(F)C2)C1=O. The lowest BCUT2D eigenvalue weighted by Gasteiger charge is -2.40. The molecule has 2 atom stereocenters. The molecule has 1 unspecified atom stereocenters. The second kappa shape index (κ2) is 6.78. The van der Waals surface area contributed by atoms with Crippen molar-refractivity contribution in [3.8, 4) is 5.75 Å². The predicted molar refractivity (Wildman–Crippen MR) is 87.9 cm³/mol. The highest BCUT2D eigenvalue weighted by molar-refractivity contribution is 6.30. The summed E-state index contributed by atoms with van der Waals surface area (Å²) in [6, 6.07) is 5.38. The molecular weight excluding hydrogens is 354 g/mol. The Labute approximate surface area is 149 Å². The van der Waals surface area contributed by atoms with E-state index < -0.39 is 31.0 Å². The fourth-order valence-corrected chi connectivity index (χ4v) is 3.43. The number of rotatable bonds is 2. The molecule has 136 valence electrons. The summed E-state index contributed by atoms with van der Waals surface area (Å²) in [5.74, 6) is -3.13. The minimum atomic E-state index is -3.06. The summed E-state index contributed by atoms with van der Waals surface area (Å²) >= 11 is 5.76. The number of nitrogens with zero attached hydrogens (tertiary/aromatic N) is 2. The Morgan fingerprint density at radius 3 is 2.60 bits per heavy atom. The molecule has 0 aliphatic carbocycles. The fraction of sp³-hybridized carbons (Fsp3) is 0.529. The quantitative estimate of drug-likeness (QED) is 0.799. The number of halogens is 3. The second-order valence-electron chi connectivity index (χ2n) is 6.64. The van der Waals surface area contributed by atoms with E-state index in [1.807, 2.05) is 0 Å². The monoisotopic (exact) mass is 372 g/mol. The van der Waals surface area contributed by atoms with Crippen LogP contribution in [0.5, 0.6) is 5.75 Å². The van der Waals surface area contributed by atoms with Gasteiger partial charge < -0.3 is 9.64 Å². The molecule has 0 aromatic heterocycles. The largest absolute Gasteiger partial charge is 0.415 e. The maximum atomic E-state index is 14.1. The van der Waals surface area contributed by atoms with Crippen molar-refractivity contribution in [3.05, 3.63) is 29.3 Å². The molecule has 2 aliphatic heterocycles. The van der Waals surface area contributed by atoms with Gasteiger partial charge in [0.2, 0.25) is 5.91 Å². The van der Waals surface area contributed by atoms with Crippen LogP contribution in [-0.2, 0) is 4.79 Å². The molecule has 25 heavy (non-hydrogen) atoms. The number of amides is 2. The molecule has 0 radical (unpaired) electrons. The van der Waals surface area contributed by atoms with Crippen molar-refractivity contribution in [2.45, 2.75) is 31.7 Å². The van der Waals surface area contributed by atoms with E-state index in [1.54, 1.807) is 19.1 Å². The molecule has 0 spiro atoms. The van der Waals surface area contributed by atoms with Crippen molar-refractivity contribution in [2.24, 2.45) is 5.92 Å². The Morgan fingerprint density at radius 1 is 1.32 bits per heavy atom. The highest BCUT2D eigenvalue weighted by Gasteiger charge is 2.47. The number of piperidine rings is 1. The molecule has 2 saturated heterocycles. The number of hydrogen-bond donors (Lipinski definition) is 0. The number of benzene rings is 1. The van der Waals surface area contributed by atoms with Gasteiger partial charge in [-0.1, -0.05) is 18.5 Å². The van der Waals surface area contributed by atoms with E-state index in [2.05, 4.69) is 0 Å². The molecule has 5 nitrogen and oxygen atoms in total. The normalized spacial score (nSPS) is 26.0. The third-order valence-electron chi connectivity index (χ3n) is 4.61. The van der Waals surface area contributed by atoms with Gasteiger partial charge in [-0.05, 0) is 30.7 Å². The van der Waals surface area contributed by atoms with Crippen molar-refractivity contribution in [1.29, 1.82) is 0 Å². The molecule has 1 aromatic carbocycles. The number of likely N-dealkylation sites (tertiary alicyclic amines) is 2. The highest BCUT2D eigenvalue weighted by atomic mass is 35.5. The average molecular weight is 373 g/mol. The lowest BCUT2D eigenvalue weighted by molar-refractivity contribution is -0.138. The number of ether oxygens (including phenoxy) is 1. The lowest BCUT2D eigenvalue weighted by Crippen LogP contribution is -2.57.